The molecule has 1 N–H and O–H groups in total. The van der Waals surface area contributed by atoms with Crippen molar-refractivity contribution in [1.29, 1.82) is 0 Å². The maximum absolute atomic E-state index is 13.1. The first kappa shape index (κ1) is 22.9. The van der Waals surface area contributed by atoms with Gasteiger partial charge in [-0.2, -0.15) is 0 Å². The summed E-state index contributed by atoms with van der Waals surface area (Å²) in [4.78, 5) is 18.4. The molecule has 4 rings (SSSR count). The van der Waals surface area contributed by atoms with E-state index >= 15 is 0 Å². The number of benzene rings is 1. The van der Waals surface area contributed by atoms with E-state index in [-0.39, 0.29) is 11.6 Å². The van der Waals surface area contributed by atoms with Gasteiger partial charge in [0, 0.05) is 24.6 Å². The standard InChI is InChI=1S/C24H30N6O3/c1-5-21(23-26-27-28-30(23)10-12-32-4)29(15-19-7-6-11-33-19)14-18-13-20-16(2)8-9-17(3)22(20)25-24(18)31/h6-9,11,13,21H,5,10,12,14-15H2,1-4H3,(H,25,31)/t21-/m0/s1. The highest BCUT2D eigenvalue weighted by Crippen LogP contribution is 2.27. The first-order valence-corrected chi connectivity index (χ1v) is 11.1. The monoisotopic (exact) mass is 450 g/mol. The summed E-state index contributed by atoms with van der Waals surface area (Å²) in [6.45, 7) is 8.17. The third kappa shape index (κ3) is 4.89. The van der Waals surface area contributed by atoms with Crippen LogP contribution in [0.1, 0.15) is 47.7 Å². The molecule has 0 aliphatic rings. The molecule has 9 nitrogen and oxygen atoms in total. The normalized spacial score (nSPS) is 12.6. The van der Waals surface area contributed by atoms with Crippen LogP contribution in [0.2, 0.25) is 0 Å². The Labute approximate surface area is 192 Å². The highest BCUT2D eigenvalue weighted by Gasteiger charge is 2.26. The third-order valence-corrected chi connectivity index (χ3v) is 6.03. The van der Waals surface area contributed by atoms with Crippen molar-refractivity contribution in [3.63, 3.8) is 0 Å². The lowest BCUT2D eigenvalue weighted by molar-refractivity contribution is 0.142. The van der Waals surface area contributed by atoms with Crippen LogP contribution in [-0.2, 0) is 24.4 Å². The number of aromatic nitrogens is 5. The second-order valence-electron chi connectivity index (χ2n) is 8.27. The average molecular weight is 451 g/mol. The molecule has 4 aromatic rings. The second kappa shape index (κ2) is 10.1. The van der Waals surface area contributed by atoms with Gasteiger partial charge < -0.3 is 14.1 Å². The third-order valence-electron chi connectivity index (χ3n) is 6.03. The van der Waals surface area contributed by atoms with Gasteiger partial charge in [-0.05, 0) is 60.0 Å². The van der Waals surface area contributed by atoms with Crippen molar-refractivity contribution in [2.45, 2.75) is 52.9 Å². The van der Waals surface area contributed by atoms with Crippen molar-refractivity contribution >= 4 is 10.9 Å². The minimum Gasteiger partial charge on any atom is -0.468 e. The SMILES string of the molecule is CC[C@@H](c1nnnn1CCOC)N(Cc1ccco1)Cc1cc2c(C)ccc(C)c2[nH]c1=O. The van der Waals surface area contributed by atoms with Crippen LogP contribution in [0, 0.1) is 13.8 Å². The average Bonchev–Trinajstić information content (AvgIpc) is 3.49. The number of hydrogen-bond acceptors (Lipinski definition) is 7. The summed E-state index contributed by atoms with van der Waals surface area (Å²) in [6, 6.07) is 9.81. The van der Waals surface area contributed by atoms with E-state index in [2.05, 4.69) is 45.3 Å². The summed E-state index contributed by atoms with van der Waals surface area (Å²) in [6.07, 6.45) is 2.42. The van der Waals surface area contributed by atoms with E-state index in [1.165, 1.54) is 0 Å². The lowest BCUT2D eigenvalue weighted by Crippen LogP contribution is -2.32. The molecule has 9 heteroatoms. The smallest absolute Gasteiger partial charge is 0.252 e. The van der Waals surface area contributed by atoms with Crippen molar-refractivity contribution in [2.24, 2.45) is 0 Å². The highest BCUT2D eigenvalue weighted by molar-refractivity contribution is 5.85. The number of nitrogens with zero attached hydrogens (tertiary/aromatic N) is 5. The van der Waals surface area contributed by atoms with E-state index in [1.807, 2.05) is 31.2 Å². The Bertz CT molecular complexity index is 1260. The van der Waals surface area contributed by atoms with E-state index in [1.54, 1.807) is 18.1 Å². The number of tetrazole rings is 1. The van der Waals surface area contributed by atoms with E-state index in [9.17, 15) is 4.79 Å². The van der Waals surface area contributed by atoms with Crippen LogP contribution in [-0.4, -0.2) is 43.8 Å². The quantitative estimate of drug-likeness (QED) is 0.394. The van der Waals surface area contributed by atoms with E-state index in [0.29, 0.717) is 31.8 Å². The maximum Gasteiger partial charge on any atom is 0.252 e. The molecule has 0 aliphatic heterocycles. The van der Waals surface area contributed by atoms with Crippen LogP contribution in [0.4, 0.5) is 0 Å². The van der Waals surface area contributed by atoms with Crippen molar-refractivity contribution < 1.29 is 9.15 Å². The summed E-state index contributed by atoms with van der Waals surface area (Å²) >= 11 is 0. The van der Waals surface area contributed by atoms with Gasteiger partial charge >= 0.3 is 0 Å². The Balaban J connectivity index is 1.74. The van der Waals surface area contributed by atoms with Crippen LogP contribution in [0.3, 0.4) is 0 Å². The number of nitrogens with one attached hydrogen (secondary N) is 1. The fourth-order valence-electron chi connectivity index (χ4n) is 4.22. The molecule has 0 spiro atoms. The molecule has 0 radical (unpaired) electrons. The summed E-state index contributed by atoms with van der Waals surface area (Å²) < 4.78 is 12.6. The molecule has 1 atom stereocenters. The van der Waals surface area contributed by atoms with Crippen LogP contribution in [0.15, 0.2) is 45.8 Å². The van der Waals surface area contributed by atoms with Crippen LogP contribution in [0.5, 0.6) is 0 Å². The fourth-order valence-corrected chi connectivity index (χ4v) is 4.22. The summed E-state index contributed by atoms with van der Waals surface area (Å²) in [7, 11) is 1.65. The van der Waals surface area contributed by atoms with E-state index in [4.69, 9.17) is 9.15 Å². The van der Waals surface area contributed by atoms with Gasteiger partial charge in [-0.1, -0.05) is 19.1 Å². The zero-order valence-electron chi connectivity index (χ0n) is 19.5. The maximum atomic E-state index is 13.1. The molecule has 174 valence electrons. The lowest BCUT2D eigenvalue weighted by atomic mass is 10.0. The molecular formula is C24H30N6O3. The number of furan rings is 1. The van der Waals surface area contributed by atoms with Crippen LogP contribution >= 0.6 is 0 Å². The zero-order valence-corrected chi connectivity index (χ0v) is 19.5. The van der Waals surface area contributed by atoms with Crippen molar-refractivity contribution in [3.05, 3.63) is 75.2 Å². The molecule has 3 aromatic heterocycles. The van der Waals surface area contributed by atoms with Gasteiger partial charge in [-0.3, -0.25) is 9.69 Å². The number of methoxy groups -OCH3 is 1. The van der Waals surface area contributed by atoms with Crippen molar-refractivity contribution in [2.75, 3.05) is 13.7 Å². The predicted molar refractivity (Wildman–Crippen MR) is 125 cm³/mol. The molecule has 1 aromatic carbocycles. The van der Waals surface area contributed by atoms with Gasteiger partial charge in [-0.25, -0.2) is 4.68 Å². The van der Waals surface area contributed by atoms with Gasteiger partial charge in [-0.15, -0.1) is 5.10 Å². The number of hydrogen-bond donors (Lipinski definition) is 1. The molecule has 0 saturated heterocycles. The molecular weight excluding hydrogens is 420 g/mol. The van der Waals surface area contributed by atoms with Gasteiger partial charge in [0.05, 0.1) is 37.5 Å². The van der Waals surface area contributed by atoms with E-state index < -0.39 is 0 Å². The van der Waals surface area contributed by atoms with Crippen LogP contribution in [0.25, 0.3) is 10.9 Å². The van der Waals surface area contributed by atoms with Gasteiger partial charge in [0.2, 0.25) is 0 Å². The minimum atomic E-state index is -0.115. The van der Waals surface area contributed by atoms with Gasteiger partial charge in [0.25, 0.3) is 5.56 Å². The molecule has 0 amide bonds. The number of aryl methyl sites for hydroxylation is 2. The lowest BCUT2D eigenvalue weighted by Gasteiger charge is -2.29. The molecule has 0 fully saturated rings. The Morgan fingerprint density at radius 2 is 2.03 bits per heavy atom. The van der Waals surface area contributed by atoms with E-state index in [0.717, 1.165) is 40.0 Å². The van der Waals surface area contributed by atoms with Gasteiger partial charge in [0.1, 0.15) is 5.76 Å². The highest BCUT2D eigenvalue weighted by atomic mass is 16.5. The molecule has 0 aliphatic carbocycles. The fraction of sp³-hybridized carbons (Fsp3) is 0.417. The Kier molecular flexibility index (Phi) is 7.00. The van der Waals surface area contributed by atoms with Crippen LogP contribution < -0.4 is 5.56 Å². The first-order chi connectivity index (χ1) is 16.0. The summed E-state index contributed by atoms with van der Waals surface area (Å²) in [5.74, 6) is 1.55. The molecule has 3 heterocycles. The first-order valence-electron chi connectivity index (χ1n) is 11.1. The molecule has 33 heavy (non-hydrogen) atoms. The minimum absolute atomic E-state index is 0.0885. The summed E-state index contributed by atoms with van der Waals surface area (Å²) in [5.41, 5.74) is 3.67. The largest absolute Gasteiger partial charge is 0.468 e. The number of aromatic amines is 1. The predicted octanol–water partition coefficient (Wildman–Crippen LogP) is 3.52. The second-order valence-corrected chi connectivity index (χ2v) is 8.27. The number of fused-ring (bicyclic) bond motifs is 1. The number of rotatable bonds is 10. The molecule has 0 saturated carbocycles. The zero-order chi connectivity index (χ0) is 23.4. The Hall–Kier alpha value is -3.30. The van der Waals surface area contributed by atoms with Gasteiger partial charge in [0.15, 0.2) is 5.82 Å². The molecule has 0 unspecified atom stereocenters. The number of pyridine rings is 1. The number of ether oxygens (including phenoxy) is 1. The van der Waals surface area contributed by atoms with Crippen molar-refractivity contribution in [3.8, 4) is 0 Å². The number of H-pyrrole nitrogens is 1. The Morgan fingerprint density at radius 3 is 2.76 bits per heavy atom. The topological polar surface area (TPSA) is 102 Å². The Morgan fingerprint density at radius 1 is 1.21 bits per heavy atom. The summed E-state index contributed by atoms with van der Waals surface area (Å²) in [5, 5.41) is 13.4. The molecule has 0 bridgehead atoms. The van der Waals surface area contributed by atoms with Crippen molar-refractivity contribution in [1.82, 2.24) is 30.1 Å².